The van der Waals surface area contributed by atoms with Crippen molar-refractivity contribution in [2.45, 2.75) is 39.7 Å². The van der Waals surface area contributed by atoms with E-state index in [1.807, 2.05) is 68.4 Å². The lowest BCUT2D eigenvalue weighted by molar-refractivity contribution is -0.120. The molecule has 0 unspecified atom stereocenters. The Morgan fingerprint density at radius 3 is 1.97 bits per heavy atom. The zero-order chi connectivity index (χ0) is 23.5. The van der Waals surface area contributed by atoms with Crippen LogP contribution in [0.1, 0.15) is 44.7 Å². The van der Waals surface area contributed by atoms with Gasteiger partial charge in [0.25, 0.3) is 11.8 Å². The number of hydrogen-bond donors (Lipinski definition) is 1. The summed E-state index contributed by atoms with van der Waals surface area (Å²) in [5.41, 5.74) is 3.78. The molecule has 0 radical (unpaired) electrons. The number of nitrogens with zero attached hydrogens (tertiary/aromatic N) is 1. The Morgan fingerprint density at radius 2 is 1.39 bits per heavy atom. The highest BCUT2D eigenvalue weighted by atomic mass is 16.5. The molecule has 1 heterocycles. The second-order valence-corrected chi connectivity index (χ2v) is 8.62. The third-order valence-electron chi connectivity index (χ3n) is 5.46. The standard InChI is InChI=1S/C28H28N2O3/c1-18(2)20-10-12-22(13-11-20)29-26-25(21-8-6-5-7-9-21)27(31)30(28(26)32)23-14-16-24(17-15-23)33-19(3)4/h5-19,29H,1-4H3. The fraction of sp³-hybridized carbons (Fsp3) is 0.214. The van der Waals surface area contributed by atoms with Gasteiger partial charge in [0.2, 0.25) is 0 Å². The average molecular weight is 441 g/mol. The Balaban J connectivity index is 1.70. The average Bonchev–Trinajstić information content (AvgIpc) is 3.04. The van der Waals surface area contributed by atoms with E-state index in [4.69, 9.17) is 4.74 Å². The van der Waals surface area contributed by atoms with Crippen molar-refractivity contribution in [1.82, 2.24) is 0 Å². The van der Waals surface area contributed by atoms with Crippen LogP contribution in [-0.2, 0) is 9.59 Å². The summed E-state index contributed by atoms with van der Waals surface area (Å²) in [6, 6.07) is 24.2. The summed E-state index contributed by atoms with van der Waals surface area (Å²) in [7, 11) is 0. The molecule has 33 heavy (non-hydrogen) atoms. The van der Waals surface area contributed by atoms with Gasteiger partial charge in [0.05, 0.1) is 17.4 Å². The molecule has 2 amide bonds. The van der Waals surface area contributed by atoms with E-state index in [1.54, 1.807) is 24.3 Å². The van der Waals surface area contributed by atoms with Crippen molar-refractivity contribution in [1.29, 1.82) is 0 Å². The van der Waals surface area contributed by atoms with Gasteiger partial charge in [-0.25, -0.2) is 4.90 Å². The molecule has 0 saturated heterocycles. The highest BCUT2D eigenvalue weighted by Gasteiger charge is 2.40. The van der Waals surface area contributed by atoms with Gasteiger partial charge in [-0.05, 0) is 67.3 Å². The molecule has 0 atom stereocenters. The van der Waals surface area contributed by atoms with Crippen molar-refractivity contribution in [3.63, 3.8) is 0 Å². The minimum Gasteiger partial charge on any atom is -0.491 e. The van der Waals surface area contributed by atoms with Crippen molar-refractivity contribution in [3.05, 3.63) is 95.7 Å². The molecule has 0 aromatic heterocycles. The SMILES string of the molecule is CC(C)Oc1ccc(N2C(=O)C(Nc3ccc(C(C)C)cc3)=C(c3ccccc3)C2=O)cc1. The minimum absolute atomic E-state index is 0.0372. The van der Waals surface area contributed by atoms with E-state index < -0.39 is 0 Å². The van der Waals surface area contributed by atoms with Gasteiger partial charge < -0.3 is 10.1 Å². The van der Waals surface area contributed by atoms with Gasteiger partial charge in [0.1, 0.15) is 11.4 Å². The van der Waals surface area contributed by atoms with Crippen LogP contribution in [0.4, 0.5) is 11.4 Å². The third kappa shape index (κ3) is 4.67. The molecule has 5 heteroatoms. The molecule has 0 fully saturated rings. The number of ether oxygens (including phenoxy) is 1. The Bertz CT molecular complexity index is 1180. The summed E-state index contributed by atoms with van der Waals surface area (Å²) < 4.78 is 5.69. The van der Waals surface area contributed by atoms with Crippen LogP contribution in [-0.4, -0.2) is 17.9 Å². The number of hydrogen-bond acceptors (Lipinski definition) is 4. The lowest BCUT2D eigenvalue weighted by Crippen LogP contribution is -2.32. The molecule has 3 aromatic rings. The van der Waals surface area contributed by atoms with Gasteiger partial charge in [0, 0.05) is 5.69 Å². The van der Waals surface area contributed by atoms with Crippen LogP contribution in [0.5, 0.6) is 5.75 Å². The number of imide groups is 1. The van der Waals surface area contributed by atoms with Gasteiger partial charge in [-0.1, -0.05) is 56.3 Å². The molecule has 1 N–H and O–H groups in total. The predicted molar refractivity (Wildman–Crippen MR) is 132 cm³/mol. The molecule has 3 aromatic carbocycles. The van der Waals surface area contributed by atoms with Crippen molar-refractivity contribution in [3.8, 4) is 5.75 Å². The van der Waals surface area contributed by atoms with Crippen LogP contribution >= 0.6 is 0 Å². The molecule has 1 aliphatic rings. The van der Waals surface area contributed by atoms with Crippen LogP contribution < -0.4 is 15.0 Å². The molecule has 0 aliphatic carbocycles. The van der Waals surface area contributed by atoms with Crippen molar-refractivity contribution in [2.75, 3.05) is 10.2 Å². The monoisotopic (exact) mass is 440 g/mol. The lowest BCUT2D eigenvalue weighted by atomic mass is 10.0. The Labute approximate surface area is 194 Å². The van der Waals surface area contributed by atoms with Gasteiger partial charge in [-0.15, -0.1) is 0 Å². The van der Waals surface area contributed by atoms with E-state index in [0.29, 0.717) is 28.5 Å². The van der Waals surface area contributed by atoms with Crippen LogP contribution in [0, 0.1) is 0 Å². The van der Waals surface area contributed by atoms with E-state index in [9.17, 15) is 9.59 Å². The van der Waals surface area contributed by atoms with E-state index in [2.05, 4.69) is 19.2 Å². The fourth-order valence-corrected chi connectivity index (χ4v) is 3.79. The van der Waals surface area contributed by atoms with Gasteiger partial charge in [-0.2, -0.15) is 0 Å². The Hall–Kier alpha value is -3.86. The van der Waals surface area contributed by atoms with Crippen molar-refractivity contribution in [2.24, 2.45) is 0 Å². The van der Waals surface area contributed by atoms with Crippen LogP contribution in [0.3, 0.4) is 0 Å². The summed E-state index contributed by atoms with van der Waals surface area (Å²) in [5, 5.41) is 3.22. The molecule has 168 valence electrons. The van der Waals surface area contributed by atoms with Crippen LogP contribution in [0.25, 0.3) is 5.57 Å². The van der Waals surface area contributed by atoms with Gasteiger partial charge in [-0.3, -0.25) is 9.59 Å². The summed E-state index contributed by atoms with van der Waals surface area (Å²) in [6.45, 7) is 8.16. The number of carbonyl (C=O) groups is 2. The van der Waals surface area contributed by atoms with Crippen molar-refractivity contribution < 1.29 is 14.3 Å². The van der Waals surface area contributed by atoms with E-state index in [1.165, 1.54) is 10.5 Å². The predicted octanol–water partition coefficient (Wildman–Crippen LogP) is 5.99. The molecule has 0 spiro atoms. The number of benzene rings is 3. The highest BCUT2D eigenvalue weighted by molar-refractivity contribution is 6.46. The molecule has 1 aliphatic heterocycles. The second kappa shape index (κ2) is 9.33. The Kier molecular flexibility index (Phi) is 6.31. The summed E-state index contributed by atoms with van der Waals surface area (Å²) in [4.78, 5) is 28.2. The molecular weight excluding hydrogens is 412 g/mol. The maximum Gasteiger partial charge on any atom is 0.282 e. The lowest BCUT2D eigenvalue weighted by Gasteiger charge is -2.17. The van der Waals surface area contributed by atoms with Gasteiger partial charge in [0.15, 0.2) is 0 Å². The first kappa shape index (κ1) is 22.3. The van der Waals surface area contributed by atoms with Crippen LogP contribution in [0.15, 0.2) is 84.6 Å². The zero-order valence-electron chi connectivity index (χ0n) is 19.3. The number of carbonyl (C=O) groups excluding carboxylic acids is 2. The molecule has 0 saturated carbocycles. The summed E-state index contributed by atoms with van der Waals surface area (Å²) >= 11 is 0. The quantitative estimate of drug-likeness (QED) is 0.458. The third-order valence-corrected chi connectivity index (χ3v) is 5.46. The van der Waals surface area contributed by atoms with E-state index in [0.717, 1.165) is 5.69 Å². The minimum atomic E-state index is -0.385. The normalized spacial score (nSPS) is 13.9. The smallest absolute Gasteiger partial charge is 0.282 e. The number of nitrogens with one attached hydrogen (secondary N) is 1. The molecule has 5 nitrogen and oxygen atoms in total. The maximum atomic E-state index is 13.5. The topological polar surface area (TPSA) is 58.6 Å². The number of rotatable bonds is 7. The number of anilines is 2. The molecular formula is C28H28N2O3. The molecule has 0 bridgehead atoms. The number of amides is 2. The summed E-state index contributed by atoms with van der Waals surface area (Å²) in [6.07, 6.45) is 0.0372. The second-order valence-electron chi connectivity index (χ2n) is 8.62. The van der Waals surface area contributed by atoms with E-state index >= 15 is 0 Å². The van der Waals surface area contributed by atoms with E-state index in [-0.39, 0.29) is 23.6 Å². The first-order chi connectivity index (χ1) is 15.8. The largest absolute Gasteiger partial charge is 0.491 e. The zero-order valence-corrected chi connectivity index (χ0v) is 19.3. The van der Waals surface area contributed by atoms with Crippen LogP contribution in [0.2, 0.25) is 0 Å². The van der Waals surface area contributed by atoms with Gasteiger partial charge >= 0.3 is 0 Å². The first-order valence-corrected chi connectivity index (χ1v) is 11.2. The maximum absolute atomic E-state index is 13.5. The molecule has 4 rings (SSSR count). The summed E-state index contributed by atoms with van der Waals surface area (Å²) in [5.74, 6) is 0.355. The highest BCUT2D eigenvalue weighted by Crippen LogP contribution is 2.34. The fourth-order valence-electron chi connectivity index (χ4n) is 3.79. The van der Waals surface area contributed by atoms with Crippen molar-refractivity contribution >= 4 is 28.8 Å². The Morgan fingerprint density at radius 1 is 0.758 bits per heavy atom. The first-order valence-electron chi connectivity index (χ1n) is 11.2.